The normalized spacial score (nSPS) is 15.2. The number of aldehydes is 1. The van der Waals surface area contributed by atoms with Crippen LogP contribution in [0.3, 0.4) is 0 Å². The van der Waals surface area contributed by atoms with Gasteiger partial charge in [0.15, 0.2) is 0 Å². The number of rotatable bonds is 50. The Labute approximate surface area is 442 Å². The topological polar surface area (TPSA) is 286 Å². The second kappa shape index (κ2) is 47.2. The molecule has 0 aromatic heterocycles. The van der Waals surface area contributed by atoms with Gasteiger partial charge in [-0.1, -0.05) is 89.9 Å². The molecule has 1 aliphatic rings. The van der Waals surface area contributed by atoms with Crippen molar-refractivity contribution in [2.45, 2.75) is 185 Å². The Hall–Kier alpha value is -3.51. The lowest BCUT2D eigenvalue weighted by molar-refractivity contribution is -0.143. The van der Waals surface area contributed by atoms with Gasteiger partial charge in [0.25, 0.3) is 0 Å². The average Bonchev–Trinajstić information content (AvgIpc) is 3.36. The van der Waals surface area contributed by atoms with E-state index in [2.05, 4.69) is 30.1 Å². The third-order valence-corrected chi connectivity index (χ3v) is 13.3. The fourth-order valence-corrected chi connectivity index (χ4v) is 8.64. The summed E-state index contributed by atoms with van der Waals surface area (Å²) < 4.78 is 24.3. The van der Waals surface area contributed by atoms with Gasteiger partial charge in [-0.2, -0.15) is 0 Å². The highest BCUT2D eigenvalue weighted by Gasteiger charge is 2.30. The minimum atomic E-state index is -1.20. The number of carbonyl (C=O) groups excluding carboxylic acids is 6. The fourth-order valence-electron chi connectivity index (χ4n) is 8.18. The van der Waals surface area contributed by atoms with Gasteiger partial charge in [-0.05, 0) is 70.1 Å². The number of nitrogens with one attached hydrogen (secondary N) is 6. The summed E-state index contributed by atoms with van der Waals surface area (Å²) in [4.78, 5) is 94.8. The van der Waals surface area contributed by atoms with Crippen molar-refractivity contribution in [3.05, 3.63) is 0 Å². The predicted molar refractivity (Wildman–Crippen MR) is 281 cm³/mol. The first kappa shape index (κ1) is 66.5. The molecule has 2 atom stereocenters. The van der Waals surface area contributed by atoms with Crippen molar-refractivity contribution >= 4 is 70.6 Å². The predicted octanol–water partition coefficient (Wildman–Crippen LogP) is 5.46. The zero-order chi connectivity index (χ0) is 52.7. The van der Waals surface area contributed by atoms with Gasteiger partial charge >= 0.3 is 11.9 Å². The maximum atomic E-state index is 13.0. The van der Waals surface area contributed by atoms with Crippen LogP contribution in [0.5, 0.6) is 0 Å². The largest absolute Gasteiger partial charge is 0.481 e. The first-order valence-corrected chi connectivity index (χ1v) is 28.0. The molecular weight excluding hydrogens is 1050 g/mol. The molecule has 0 aliphatic heterocycles. The first-order valence-electron chi connectivity index (χ1n) is 26.9. The summed E-state index contributed by atoms with van der Waals surface area (Å²) in [6.45, 7) is 2.60. The molecule has 5 amide bonds. The number of halogens is 1. The van der Waals surface area contributed by atoms with Crippen LogP contribution in [-0.4, -0.2) is 149 Å². The number of hydrogen-bond acceptors (Lipinski definition) is 13. The van der Waals surface area contributed by atoms with Crippen LogP contribution in [0.4, 0.5) is 0 Å². The molecular formula is C51H91IN6O14. The molecule has 20 nitrogen and oxygen atoms in total. The maximum absolute atomic E-state index is 13.0. The van der Waals surface area contributed by atoms with Gasteiger partial charge in [-0.15, -0.1) is 0 Å². The second-order valence-electron chi connectivity index (χ2n) is 18.7. The lowest BCUT2D eigenvalue weighted by Crippen LogP contribution is -2.45. The minimum Gasteiger partial charge on any atom is -0.481 e. The summed E-state index contributed by atoms with van der Waals surface area (Å²) in [5.74, 6) is -3.10. The molecule has 0 saturated heterocycles. The molecule has 0 aromatic carbocycles. The highest BCUT2D eigenvalue weighted by molar-refractivity contribution is 14.1. The highest BCUT2D eigenvalue weighted by Crippen LogP contribution is 2.29. The van der Waals surface area contributed by atoms with Crippen molar-refractivity contribution in [3.8, 4) is 0 Å². The molecule has 1 aliphatic carbocycles. The van der Waals surface area contributed by atoms with Gasteiger partial charge in [0, 0.05) is 74.2 Å². The number of amides is 5. The monoisotopic (exact) mass is 1140 g/mol. The number of aliphatic carboxylic acids is 2. The van der Waals surface area contributed by atoms with Crippen LogP contribution < -0.4 is 30.1 Å². The van der Waals surface area contributed by atoms with E-state index in [9.17, 15) is 43.5 Å². The molecule has 21 heteroatoms. The van der Waals surface area contributed by atoms with Crippen LogP contribution in [0.25, 0.3) is 0 Å². The first-order chi connectivity index (χ1) is 34.9. The smallest absolute Gasteiger partial charge is 0.326 e. The van der Waals surface area contributed by atoms with E-state index in [0.717, 1.165) is 70.5 Å². The number of carbonyl (C=O) groups is 8. The Balaban J connectivity index is 1.97. The van der Waals surface area contributed by atoms with E-state index in [1.54, 1.807) is 0 Å². The van der Waals surface area contributed by atoms with E-state index in [0.29, 0.717) is 45.2 Å². The molecule has 72 heavy (non-hydrogen) atoms. The van der Waals surface area contributed by atoms with Crippen molar-refractivity contribution < 1.29 is 67.5 Å². The van der Waals surface area contributed by atoms with E-state index < -0.39 is 18.0 Å². The Morgan fingerprint density at radius 1 is 0.500 bits per heavy atom. The van der Waals surface area contributed by atoms with E-state index in [1.165, 1.54) is 64.2 Å². The lowest BCUT2D eigenvalue weighted by atomic mass is 9.81. The Morgan fingerprint density at radius 2 is 0.958 bits per heavy atom. The van der Waals surface area contributed by atoms with Gasteiger partial charge in [0.2, 0.25) is 29.5 Å². The van der Waals surface area contributed by atoms with Crippen LogP contribution in [0.2, 0.25) is 0 Å². The number of unbranched alkanes of at least 4 members (excludes halogenated alkanes) is 16. The molecule has 416 valence electrons. The quantitative estimate of drug-likeness (QED) is 0.0163. The number of ether oxygens (including phenoxy) is 4. The van der Waals surface area contributed by atoms with E-state index in [-0.39, 0.29) is 126 Å². The summed E-state index contributed by atoms with van der Waals surface area (Å²) >= 11 is 1.94. The van der Waals surface area contributed by atoms with Gasteiger partial charge < -0.3 is 60.5 Å². The zero-order valence-corrected chi connectivity index (χ0v) is 45.3. The minimum absolute atomic E-state index is 0.0556. The van der Waals surface area contributed by atoms with Gasteiger partial charge in [0.05, 0.1) is 45.7 Å². The van der Waals surface area contributed by atoms with E-state index in [1.807, 2.05) is 22.9 Å². The van der Waals surface area contributed by atoms with Crippen molar-refractivity contribution in [1.82, 2.24) is 30.1 Å². The van der Waals surface area contributed by atoms with Crippen LogP contribution in [0.15, 0.2) is 0 Å². The average molecular weight is 1140 g/mol. The summed E-state index contributed by atoms with van der Waals surface area (Å²) in [7, 11) is 0. The number of carboxylic acid groups (broad SMARTS) is 2. The van der Waals surface area contributed by atoms with Crippen molar-refractivity contribution in [3.63, 3.8) is 0 Å². The summed E-state index contributed by atoms with van der Waals surface area (Å²) in [5, 5.41) is 32.2. The number of hydrogen-bond donors (Lipinski definition) is 8. The molecule has 1 rings (SSSR count). The zero-order valence-electron chi connectivity index (χ0n) is 43.1. The molecule has 0 spiro atoms. The highest BCUT2D eigenvalue weighted by atomic mass is 127. The van der Waals surface area contributed by atoms with Crippen molar-refractivity contribution in [1.29, 1.82) is 0 Å². The third-order valence-electron chi connectivity index (χ3n) is 12.5. The Morgan fingerprint density at radius 3 is 1.44 bits per heavy atom. The lowest BCUT2D eigenvalue weighted by Gasteiger charge is -2.28. The summed E-state index contributed by atoms with van der Waals surface area (Å²) in [5.41, 5.74) is 0. The SMILES string of the molecule is O=C[C@H](CCCCNC(=O)COCCOCCNC(=O)COCCOCCNC(=O)CCC(NC(=O)C1CCC(CNC(=O)CCCCCCCCCCCCCCCCCCC(=O)O)CC1)C(=O)O)NI. The van der Waals surface area contributed by atoms with Gasteiger partial charge in [-0.3, -0.25) is 32.3 Å². The third kappa shape index (κ3) is 40.9. The maximum Gasteiger partial charge on any atom is 0.326 e. The fraction of sp³-hybridized carbons (Fsp3) is 0.843. The van der Waals surface area contributed by atoms with Crippen LogP contribution in [0.1, 0.15) is 173 Å². The molecule has 1 unspecified atom stereocenters. The molecule has 8 N–H and O–H groups in total. The van der Waals surface area contributed by atoms with E-state index >= 15 is 0 Å². The number of carboxylic acids is 2. The molecule has 0 heterocycles. The van der Waals surface area contributed by atoms with Gasteiger partial charge in [0.1, 0.15) is 25.5 Å². The molecule has 1 fully saturated rings. The van der Waals surface area contributed by atoms with Crippen molar-refractivity contribution in [2.24, 2.45) is 11.8 Å². The second-order valence-corrected chi connectivity index (χ2v) is 19.4. The van der Waals surface area contributed by atoms with Crippen LogP contribution in [0, 0.1) is 11.8 Å². The molecule has 1 saturated carbocycles. The standard InChI is InChI=1S/C51H91IN6O14/c52-58-43(38-59)19-17-18-28-53-47(62)39-71-35-34-70-32-30-55-48(63)40-72-36-33-69-31-29-54-46(61)27-26-44(51(67)68)57-50(66)42-24-22-41(23-25-42)37-56-45(60)20-15-13-11-9-7-5-3-1-2-4-6-8-10-12-14-16-21-49(64)65/h38,41-44,58H,1-37,39-40H2,(H,53,62)(H,54,61)(H,55,63)(H,56,60)(H,57,66)(H,64,65)(H,67,68)/t41?,42?,43-,44?/m0/s1. The Kier molecular flexibility index (Phi) is 43.6. The van der Waals surface area contributed by atoms with Crippen LogP contribution >= 0.6 is 22.9 Å². The van der Waals surface area contributed by atoms with Crippen LogP contribution in [-0.2, 0) is 57.3 Å². The van der Waals surface area contributed by atoms with E-state index in [4.69, 9.17) is 24.1 Å². The summed E-state index contributed by atoms with van der Waals surface area (Å²) in [6.07, 6.45) is 25.3. The molecule has 0 bridgehead atoms. The molecule has 0 radical (unpaired) electrons. The van der Waals surface area contributed by atoms with Crippen molar-refractivity contribution in [2.75, 3.05) is 79.0 Å². The van der Waals surface area contributed by atoms with Gasteiger partial charge in [-0.25, -0.2) is 4.79 Å². The Bertz CT molecular complexity index is 1470. The molecule has 0 aromatic rings. The summed E-state index contributed by atoms with van der Waals surface area (Å²) in [6, 6.07) is -1.37.